The van der Waals surface area contributed by atoms with Crippen molar-refractivity contribution in [3.63, 3.8) is 0 Å². The number of carbonyl (C=O) groups is 1. The van der Waals surface area contributed by atoms with Gasteiger partial charge in [0, 0.05) is 0 Å². The zero-order valence-electron chi connectivity index (χ0n) is 14.7. The van der Waals surface area contributed by atoms with Crippen molar-refractivity contribution < 1.29 is 23.0 Å². The van der Waals surface area contributed by atoms with Crippen LogP contribution in [-0.4, -0.2) is 18.9 Å². The maximum absolute atomic E-state index is 12.2. The summed E-state index contributed by atoms with van der Waals surface area (Å²) in [6.07, 6.45) is 0.534. The summed E-state index contributed by atoms with van der Waals surface area (Å²) in [7, 11) is 0. The van der Waals surface area contributed by atoms with Crippen LogP contribution in [0.3, 0.4) is 0 Å². The number of halogens is 2. The Morgan fingerprint density at radius 1 is 1.12 bits per heavy atom. The molecule has 2 aromatic carbocycles. The van der Waals surface area contributed by atoms with E-state index in [1.165, 1.54) is 24.4 Å². The summed E-state index contributed by atoms with van der Waals surface area (Å²) in [5.74, 6) is 0.392. The number of nitrogens with one attached hydrogen (secondary N) is 1. The number of hydrazone groups is 1. The van der Waals surface area contributed by atoms with E-state index >= 15 is 0 Å². The van der Waals surface area contributed by atoms with E-state index in [4.69, 9.17) is 4.74 Å². The van der Waals surface area contributed by atoms with Gasteiger partial charge in [0.25, 0.3) is 0 Å². The lowest BCUT2D eigenvalue weighted by Crippen LogP contribution is -2.22. The normalized spacial score (nSPS) is 11.6. The lowest BCUT2D eigenvalue weighted by molar-refractivity contribution is -0.0498. The monoisotopic (exact) mass is 362 g/mol. The molecule has 0 aliphatic rings. The molecule has 0 aliphatic heterocycles. The fourth-order valence-electron chi connectivity index (χ4n) is 2.08. The standard InChI is InChI=1S/C19H20F2N2O3/c1-19(2,3)14-7-9-15(10-8-14)26-18(24)23-22-12-13-5-4-6-16(11-13)25-17(20)21/h4-12,17H,1-3H3,(H,23,24)/b22-12+. The van der Waals surface area contributed by atoms with Crippen LogP contribution in [0.2, 0.25) is 0 Å². The number of alkyl halides is 2. The van der Waals surface area contributed by atoms with Crippen molar-refractivity contribution in [2.75, 3.05) is 0 Å². The first-order valence-corrected chi connectivity index (χ1v) is 7.90. The Morgan fingerprint density at radius 3 is 2.42 bits per heavy atom. The predicted octanol–water partition coefficient (Wildman–Crippen LogP) is 4.71. The number of nitrogens with zero attached hydrogens (tertiary/aromatic N) is 1. The molecule has 0 aliphatic carbocycles. The van der Waals surface area contributed by atoms with Crippen molar-refractivity contribution in [2.45, 2.75) is 32.8 Å². The average molecular weight is 362 g/mol. The van der Waals surface area contributed by atoms with Crippen molar-refractivity contribution in [3.8, 4) is 11.5 Å². The fourth-order valence-corrected chi connectivity index (χ4v) is 2.08. The smallest absolute Gasteiger partial charge is 0.433 e. The fraction of sp³-hybridized carbons (Fsp3) is 0.263. The quantitative estimate of drug-likeness (QED) is 0.619. The van der Waals surface area contributed by atoms with E-state index in [-0.39, 0.29) is 11.2 Å². The Morgan fingerprint density at radius 2 is 1.81 bits per heavy atom. The van der Waals surface area contributed by atoms with Gasteiger partial charge in [-0.3, -0.25) is 0 Å². The summed E-state index contributed by atoms with van der Waals surface area (Å²) in [5, 5.41) is 3.72. The number of benzene rings is 2. The van der Waals surface area contributed by atoms with Crippen molar-refractivity contribution in [1.29, 1.82) is 0 Å². The molecule has 26 heavy (non-hydrogen) atoms. The van der Waals surface area contributed by atoms with Crippen molar-refractivity contribution in [3.05, 3.63) is 59.7 Å². The molecule has 138 valence electrons. The largest absolute Gasteiger partial charge is 0.435 e. The van der Waals surface area contributed by atoms with Crippen LogP contribution in [0.5, 0.6) is 11.5 Å². The second-order valence-corrected chi connectivity index (χ2v) is 6.48. The third-order valence-corrected chi connectivity index (χ3v) is 3.38. The van der Waals surface area contributed by atoms with E-state index < -0.39 is 12.7 Å². The maximum Gasteiger partial charge on any atom is 0.433 e. The molecule has 0 spiro atoms. The Bertz CT molecular complexity index is 769. The van der Waals surface area contributed by atoms with Gasteiger partial charge in [0.1, 0.15) is 11.5 Å². The van der Waals surface area contributed by atoms with Gasteiger partial charge in [0.15, 0.2) is 0 Å². The molecule has 0 aromatic heterocycles. The van der Waals surface area contributed by atoms with Crippen molar-refractivity contribution in [1.82, 2.24) is 5.43 Å². The van der Waals surface area contributed by atoms with E-state index in [2.05, 4.69) is 36.0 Å². The summed E-state index contributed by atoms with van der Waals surface area (Å²) < 4.78 is 33.8. The number of hydrogen-bond acceptors (Lipinski definition) is 4. The molecule has 2 rings (SSSR count). The molecule has 7 heteroatoms. The highest BCUT2D eigenvalue weighted by Gasteiger charge is 2.13. The molecule has 0 radical (unpaired) electrons. The first kappa shape index (κ1) is 19.4. The van der Waals surface area contributed by atoms with Crippen LogP contribution in [0.25, 0.3) is 0 Å². The molecule has 0 saturated heterocycles. The van der Waals surface area contributed by atoms with Gasteiger partial charge in [-0.15, -0.1) is 0 Å². The number of carbonyl (C=O) groups excluding carboxylic acids is 1. The third-order valence-electron chi connectivity index (χ3n) is 3.38. The summed E-state index contributed by atoms with van der Waals surface area (Å²) >= 11 is 0. The second-order valence-electron chi connectivity index (χ2n) is 6.48. The molecule has 1 N–H and O–H groups in total. The van der Waals surface area contributed by atoms with Gasteiger partial charge in [-0.2, -0.15) is 13.9 Å². The number of hydrogen-bond donors (Lipinski definition) is 1. The Hall–Kier alpha value is -2.96. The summed E-state index contributed by atoms with van der Waals surface area (Å²) in [6.45, 7) is 3.36. The first-order chi connectivity index (χ1) is 12.2. The SMILES string of the molecule is CC(C)(C)c1ccc(OC(=O)N/N=C/c2cccc(OC(F)F)c2)cc1. The van der Waals surface area contributed by atoms with Crippen molar-refractivity contribution in [2.24, 2.45) is 5.10 Å². The van der Waals surface area contributed by atoms with Gasteiger partial charge in [-0.1, -0.05) is 45.0 Å². The van der Waals surface area contributed by atoms with E-state index in [9.17, 15) is 13.6 Å². The number of amides is 1. The lowest BCUT2D eigenvalue weighted by atomic mass is 9.87. The predicted molar refractivity (Wildman–Crippen MR) is 95.0 cm³/mol. The van der Waals surface area contributed by atoms with E-state index in [0.29, 0.717) is 11.3 Å². The summed E-state index contributed by atoms with van der Waals surface area (Å²) in [4.78, 5) is 11.7. The molecular weight excluding hydrogens is 342 g/mol. The number of rotatable bonds is 5. The van der Waals surface area contributed by atoms with Gasteiger partial charge < -0.3 is 9.47 Å². The van der Waals surface area contributed by atoms with Gasteiger partial charge in [0.2, 0.25) is 0 Å². The molecule has 0 fully saturated rings. The van der Waals surface area contributed by atoms with Crippen LogP contribution in [0.15, 0.2) is 53.6 Å². The van der Waals surface area contributed by atoms with Gasteiger partial charge in [-0.25, -0.2) is 10.2 Å². The summed E-state index contributed by atoms with van der Waals surface area (Å²) in [6, 6.07) is 13.1. The number of ether oxygens (including phenoxy) is 2. The minimum atomic E-state index is -2.90. The first-order valence-electron chi connectivity index (χ1n) is 7.90. The topological polar surface area (TPSA) is 59.9 Å². The molecule has 0 heterocycles. The van der Waals surface area contributed by atoms with Crippen LogP contribution < -0.4 is 14.9 Å². The Balaban J connectivity index is 1.89. The third kappa shape index (κ3) is 6.16. The van der Waals surface area contributed by atoms with Gasteiger partial charge in [-0.05, 0) is 40.8 Å². The van der Waals surface area contributed by atoms with E-state index in [0.717, 1.165) is 5.56 Å². The Kier molecular flexibility index (Phi) is 6.27. The van der Waals surface area contributed by atoms with Crippen LogP contribution in [0.4, 0.5) is 13.6 Å². The zero-order valence-corrected chi connectivity index (χ0v) is 14.7. The molecule has 0 saturated carbocycles. The van der Waals surface area contributed by atoms with Crippen molar-refractivity contribution >= 4 is 12.3 Å². The summed E-state index contributed by atoms with van der Waals surface area (Å²) in [5.41, 5.74) is 3.82. The molecule has 1 amide bonds. The minimum absolute atomic E-state index is 0.00506. The van der Waals surface area contributed by atoms with E-state index in [1.807, 2.05) is 12.1 Å². The molecule has 5 nitrogen and oxygen atoms in total. The van der Waals surface area contributed by atoms with E-state index in [1.54, 1.807) is 18.2 Å². The second kappa shape index (κ2) is 8.42. The van der Waals surface area contributed by atoms with Gasteiger partial charge >= 0.3 is 12.7 Å². The molecular formula is C19H20F2N2O3. The molecule has 0 unspecified atom stereocenters. The Labute approximate surface area is 150 Å². The zero-order chi connectivity index (χ0) is 19.2. The highest BCUT2D eigenvalue weighted by molar-refractivity contribution is 5.81. The van der Waals surface area contributed by atoms with Crippen LogP contribution >= 0.6 is 0 Å². The highest BCUT2D eigenvalue weighted by atomic mass is 19.3. The van der Waals surface area contributed by atoms with Crippen LogP contribution in [0, 0.1) is 0 Å². The highest BCUT2D eigenvalue weighted by Crippen LogP contribution is 2.24. The van der Waals surface area contributed by atoms with Crippen LogP contribution in [0.1, 0.15) is 31.9 Å². The molecule has 2 aromatic rings. The molecule has 0 bridgehead atoms. The maximum atomic E-state index is 12.2. The minimum Gasteiger partial charge on any atom is -0.435 e. The van der Waals surface area contributed by atoms with Gasteiger partial charge in [0.05, 0.1) is 6.21 Å². The average Bonchev–Trinajstić information content (AvgIpc) is 2.54. The lowest BCUT2D eigenvalue weighted by Gasteiger charge is -2.18. The van der Waals surface area contributed by atoms with Crippen LogP contribution in [-0.2, 0) is 5.41 Å². The molecule has 0 atom stereocenters.